The zero-order valence-corrected chi connectivity index (χ0v) is 51.9. The monoisotopic (exact) mass is 1290 g/mol. The van der Waals surface area contributed by atoms with E-state index in [0.717, 1.165) is 22.2 Å². The fourth-order valence-corrected chi connectivity index (χ4v) is 11.3. The van der Waals surface area contributed by atoms with E-state index in [0.29, 0.717) is 106 Å². The van der Waals surface area contributed by atoms with E-state index in [-0.39, 0.29) is 50.2 Å². The summed E-state index contributed by atoms with van der Waals surface area (Å²) in [6.45, 7) is 20.5. The first-order valence-corrected chi connectivity index (χ1v) is 32.1. The number of urea groups is 2. The fourth-order valence-electron chi connectivity index (χ4n) is 10.0. The predicted octanol–water partition coefficient (Wildman–Crippen LogP) is 10.5. The van der Waals surface area contributed by atoms with Gasteiger partial charge >= 0.3 is 31.5 Å². The van der Waals surface area contributed by atoms with Crippen LogP contribution in [0.4, 0.5) is 70.6 Å². The molecule has 2 atom stereocenters. The molecule has 5 aliphatic rings. The molecule has 0 radical (unpaired) electrons. The maximum Gasteiger partial charge on any atom is 0.495 e. The van der Waals surface area contributed by atoms with Crippen LogP contribution < -0.4 is 35.3 Å². The number of carbonyl (C=O) groups is 2. The number of likely N-dealkylation sites (tertiary alicyclic amines) is 2. The standard InChI is InChI=1S/C25H32F3N5O4S.C20H28BF3N2O3.C11H16ClN3O3S.CH4/c1-3-38(35,36)31-22-12-19(13-23(30-22)32-8-10-37-11-9-32)21-14-20(5-4-17(21)2)29-24(34)33-7-6-18(16-33)15-25(26,27)28;1-13-6-7-15(10-16(13)21-28-18(2,3)19(4,5)29-21)25-17(27)26-9-8-14(12-26)11-20(22,23)24;1-2-19(16,17)14-10-7-9(12)8-11(13-10)15-3-5-18-6-4-15;/h4-5,12-14,18H,3,6-11,15-16H2,1-2H3,(H,29,34)(H,30,31);6-7,10,14H,8-9,11-12H2,1-5H3,(H,25,27);7-8H,2-6H2,1H3,(H,13,14);1H4/t18-;14-;;/m00../s1. The van der Waals surface area contributed by atoms with Crippen molar-refractivity contribution >= 4 is 90.9 Å². The number of hydrogen-bond acceptors (Lipinski definition) is 14. The number of amides is 4. The lowest BCUT2D eigenvalue weighted by Crippen LogP contribution is -2.41. The molecule has 4 N–H and O–H groups in total. The summed E-state index contributed by atoms with van der Waals surface area (Å²) in [7, 11) is -7.47. The highest BCUT2D eigenvalue weighted by atomic mass is 35.5. The first-order valence-electron chi connectivity index (χ1n) is 28.4. The van der Waals surface area contributed by atoms with Crippen molar-refractivity contribution in [2.45, 2.75) is 112 Å². The van der Waals surface area contributed by atoms with Crippen LogP contribution in [-0.2, 0) is 38.8 Å². The molecule has 5 saturated heterocycles. The Morgan fingerprint density at radius 1 is 0.632 bits per heavy atom. The van der Waals surface area contributed by atoms with E-state index >= 15 is 0 Å². The first kappa shape index (κ1) is 70.2. The van der Waals surface area contributed by atoms with Gasteiger partial charge in [0.2, 0.25) is 20.0 Å². The van der Waals surface area contributed by atoms with Crippen molar-refractivity contribution in [2.24, 2.45) is 11.8 Å². The molecule has 4 aromatic rings. The van der Waals surface area contributed by atoms with Crippen LogP contribution in [-0.4, -0.2) is 170 Å². The third kappa shape index (κ3) is 20.3. The highest BCUT2D eigenvalue weighted by Gasteiger charge is 2.52. The summed E-state index contributed by atoms with van der Waals surface area (Å²) in [5.41, 5.74) is 4.21. The van der Waals surface area contributed by atoms with E-state index in [1.165, 1.54) is 22.8 Å². The quantitative estimate of drug-likeness (QED) is 0.0681. The molecule has 30 heteroatoms. The van der Waals surface area contributed by atoms with Crippen molar-refractivity contribution in [3.8, 4) is 11.1 Å². The molecule has 0 spiro atoms. The first-order chi connectivity index (χ1) is 40.2. The number of benzene rings is 2. The van der Waals surface area contributed by atoms with Crippen LogP contribution in [0, 0.1) is 25.7 Å². The SMILES string of the molecule is C.CCS(=O)(=O)Nc1cc(-c2cc(NC(=O)N3CC[C@@H](CC(F)(F)F)C3)ccc2C)cc(N2CCOCC2)n1.CCS(=O)(=O)Nc1cc(Cl)cc(N2CCOCC2)n1.Cc1ccc(NC(=O)N2CC[C@@H](CC(F)(F)F)C2)cc1B1OC(C)(C)C(C)(C)O1. The van der Waals surface area contributed by atoms with Gasteiger partial charge in [-0.15, -0.1) is 0 Å². The molecule has 9 rings (SSSR count). The summed E-state index contributed by atoms with van der Waals surface area (Å²) in [4.78, 5) is 41.0. The average molecular weight is 1290 g/mol. The number of carbonyl (C=O) groups excluding carboxylic acids is 2. The van der Waals surface area contributed by atoms with Gasteiger partial charge in [0.15, 0.2) is 0 Å². The van der Waals surface area contributed by atoms with E-state index in [1.54, 1.807) is 43.3 Å². The van der Waals surface area contributed by atoms with Crippen molar-refractivity contribution in [1.82, 2.24) is 19.8 Å². The minimum absolute atomic E-state index is 0. The largest absolute Gasteiger partial charge is 0.495 e. The minimum atomic E-state index is -4.25. The molecule has 0 aliphatic carbocycles. The molecule has 2 aromatic heterocycles. The molecule has 4 amide bonds. The van der Waals surface area contributed by atoms with Gasteiger partial charge in [-0.1, -0.05) is 36.7 Å². The van der Waals surface area contributed by atoms with Gasteiger partial charge in [0, 0.05) is 87.7 Å². The Morgan fingerprint density at radius 3 is 1.51 bits per heavy atom. The second-order valence-electron chi connectivity index (χ2n) is 22.7. The highest BCUT2D eigenvalue weighted by molar-refractivity contribution is 7.92. The van der Waals surface area contributed by atoms with E-state index < -0.39 is 87.5 Å². The number of halogens is 7. The number of ether oxygens (including phenoxy) is 2. The summed E-state index contributed by atoms with van der Waals surface area (Å²) in [6.07, 6.45) is -9.54. The number of nitrogens with zero attached hydrogens (tertiary/aromatic N) is 6. The van der Waals surface area contributed by atoms with Gasteiger partial charge in [0.1, 0.15) is 23.3 Å². The predicted molar refractivity (Wildman–Crippen MR) is 328 cm³/mol. The Balaban J connectivity index is 0.000000219. The topological polar surface area (TPSA) is 226 Å². The number of nitrogens with one attached hydrogen (secondary N) is 4. The number of alkyl halides is 6. The lowest BCUT2D eigenvalue weighted by molar-refractivity contribution is -0.144. The molecule has 5 aliphatic heterocycles. The second-order valence-corrected chi connectivity index (χ2v) is 27.2. The zero-order chi connectivity index (χ0) is 63.0. The van der Waals surface area contributed by atoms with E-state index in [1.807, 2.05) is 69.5 Å². The van der Waals surface area contributed by atoms with Gasteiger partial charge in [0.05, 0.1) is 49.1 Å². The van der Waals surface area contributed by atoms with Crippen molar-refractivity contribution in [2.75, 3.05) is 120 Å². The number of aryl methyl sites for hydroxylation is 2. The third-order valence-corrected chi connectivity index (χ3v) is 18.3. The molecule has 5 fully saturated rings. The normalized spacial score (nSPS) is 19.5. The molecule has 20 nitrogen and oxygen atoms in total. The number of sulfonamides is 2. The van der Waals surface area contributed by atoms with Gasteiger partial charge in [-0.2, -0.15) is 26.3 Å². The van der Waals surface area contributed by atoms with Crippen LogP contribution >= 0.6 is 11.6 Å². The Morgan fingerprint density at radius 2 is 1.06 bits per heavy atom. The lowest BCUT2D eigenvalue weighted by Gasteiger charge is -2.32. The van der Waals surface area contributed by atoms with Crippen LogP contribution in [0.2, 0.25) is 5.02 Å². The summed E-state index contributed by atoms with van der Waals surface area (Å²) < 4.78 is 151. The van der Waals surface area contributed by atoms with E-state index in [9.17, 15) is 52.8 Å². The molecule has 2 aromatic carbocycles. The van der Waals surface area contributed by atoms with Gasteiger partial charge in [-0.3, -0.25) is 9.44 Å². The number of hydrogen-bond donors (Lipinski definition) is 4. The fraction of sp³-hybridized carbons (Fsp3) is 0.579. The summed E-state index contributed by atoms with van der Waals surface area (Å²) >= 11 is 6.01. The maximum absolute atomic E-state index is 12.8. The summed E-state index contributed by atoms with van der Waals surface area (Å²) in [6, 6.07) is 16.6. The van der Waals surface area contributed by atoms with E-state index in [2.05, 4.69) is 30.0 Å². The van der Waals surface area contributed by atoms with Crippen LogP contribution in [0.25, 0.3) is 11.1 Å². The van der Waals surface area contributed by atoms with Crippen molar-refractivity contribution < 1.29 is 71.5 Å². The van der Waals surface area contributed by atoms with E-state index in [4.69, 9.17) is 30.4 Å². The molecule has 87 heavy (non-hydrogen) atoms. The Bertz CT molecular complexity index is 3230. The highest BCUT2D eigenvalue weighted by Crippen LogP contribution is 2.38. The van der Waals surface area contributed by atoms with Crippen molar-refractivity contribution in [1.29, 1.82) is 0 Å². The Kier molecular flexibility index (Phi) is 23.6. The number of aromatic nitrogens is 2. The molecule has 7 heterocycles. The van der Waals surface area contributed by atoms with Crippen LogP contribution in [0.5, 0.6) is 0 Å². The number of anilines is 6. The smallest absolute Gasteiger partial charge is 0.399 e. The molecule has 0 saturated carbocycles. The number of rotatable bonds is 14. The van der Waals surface area contributed by atoms with Crippen molar-refractivity contribution in [3.63, 3.8) is 0 Å². The van der Waals surface area contributed by atoms with Gasteiger partial charge < -0.3 is 49.0 Å². The average Bonchev–Trinajstić information content (AvgIpc) is 1.77. The van der Waals surface area contributed by atoms with Crippen LogP contribution in [0.3, 0.4) is 0 Å². The number of morpholine rings is 2. The molecule has 0 bridgehead atoms. The van der Waals surface area contributed by atoms with Crippen LogP contribution in [0.1, 0.15) is 85.8 Å². The second kappa shape index (κ2) is 29.2. The molecule has 482 valence electrons. The van der Waals surface area contributed by atoms with Gasteiger partial charge in [-0.05, 0) is 145 Å². The number of pyridine rings is 2. The molecular formula is C57H80BClF6N10O10S2. The van der Waals surface area contributed by atoms with Gasteiger partial charge in [0.25, 0.3) is 0 Å². The van der Waals surface area contributed by atoms with Crippen LogP contribution in [0.15, 0.2) is 60.7 Å². The van der Waals surface area contributed by atoms with Crippen molar-refractivity contribution in [3.05, 3.63) is 76.8 Å². The van der Waals surface area contributed by atoms with Gasteiger partial charge in [-0.25, -0.2) is 36.4 Å². The Hall–Kier alpha value is -5.85. The molecular weight excluding hydrogens is 1210 g/mol. The minimum Gasteiger partial charge on any atom is -0.399 e. The third-order valence-electron chi connectivity index (χ3n) is 15.6. The summed E-state index contributed by atoms with van der Waals surface area (Å²) in [5, 5.41) is 6.04. The molecule has 0 unspecified atom stereocenters. The maximum atomic E-state index is 12.8. The Labute approximate surface area is 512 Å². The lowest BCUT2D eigenvalue weighted by atomic mass is 9.76. The zero-order valence-electron chi connectivity index (χ0n) is 49.5. The summed E-state index contributed by atoms with van der Waals surface area (Å²) in [5.74, 6) is 0.434.